The highest BCUT2D eigenvalue weighted by Crippen LogP contribution is 2.31. The summed E-state index contributed by atoms with van der Waals surface area (Å²) in [6.45, 7) is -2.66. The summed E-state index contributed by atoms with van der Waals surface area (Å²) in [7, 11) is 1.34. The first-order valence-corrected chi connectivity index (χ1v) is 9.03. The number of anilines is 1. The van der Waals surface area contributed by atoms with Gasteiger partial charge in [-0.05, 0) is 36.4 Å². The lowest BCUT2D eigenvalue weighted by Gasteiger charge is -2.12. The van der Waals surface area contributed by atoms with Crippen LogP contribution in [0.3, 0.4) is 0 Å². The number of carbonyl (C=O) groups is 1. The summed E-state index contributed by atoms with van der Waals surface area (Å²) >= 11 is 1.49. The molecule has 3 rings (SSSR count). The van der Waals surface area contributed by atoms with Gasteiger partial charge < -0.3 is 19.5 Å². The molecule has 0 aliphatic heterocycles. The molecule has 146 valence electrons. The maximum Gasteiger partial charge on any atom is 0.387 e. The Morgan fingerprint density at radius 1 is 1.18 bits per heavy atom. The molecule has 1 heterocycles. The predicted octanol–water partition coefficient (Wildman–Crippen LogP) is 4.58. The monoisotopic (exact) mass is 406 g/mol. The number of hydrogen-bond donors (Lipinski definition) is 1. The molecule has 0 saturated carbocycles. The number of methoxy groups -OCH3 is 1. The molecule has 2 aromatic carbocycles. The molecule has 0 aliphatic rings. The van der Waals surface area contributed by atoms with Gasteiger partial charge in [0.25, 0.3) is 5.91 Å². The molecule has 0 fully saturated rings. The Labute approximate surface area is 163 Å². The number of aromatic nitrogens is 1. The molecule has 3 aromatic rings. The van der Waals surface area contributed by atoms with Crippen LogP contribution in [0.1, 0.15) is 16.1 Å². The second kappa shape index (κ2) is 9.14. The number of ether oxygens (including phenoxy) is 3. The number of carbonyl (C=O) groups excluding carboxylic acids is 1. The molecule has 0 atom stereocenters. The van der Waals surface area contributed by atoms with Crippen LogP contribution < -0.4 is 19.5 Å². The normalized spacial score (nSPS) is 10.6. The lowest BCUT2D eigenvalue weighted by Crippen LogP contribution is -2.12. The Balaban J connectivity index is 1.64. The van der Waals surface area contributed by atoms with Crippen molar-refractivity contribution in [2.24, 2.45) is 0 Å². The first-order chi connectivity index (χ1) is 13.5. The van der Waals surface area contributed by atoms with Crippen LogP contribution in [0.2, 0.25) is 0 Å². The number of nitrogens with zero attached hydrogens (tertiary/aromatic N) is 1. The topological polar surface area (TPSA) is 69.7 Å². The molecule has 0 bridgehead atoms. The van der Waals surface area contributed by atoms with Gasteiger partial charge in [0.1, 0.15) is 12.4 Å². The van der Waals surface area contributed by atoms with E-state index in [4.69, 9.17) is 9.47 Å². The van der Waals surface area contributed by atoms with E-state index in [2.05, 4.69) is 15.0 Å². The lowest BCUT2D eigenvalue weighted by molar-refractivity contribution is -0.0511. The van der Waals surface area contributed by atoms with Gasteiger partial charge in [-0.3, -0.25) is 4.79 Å². The third kappa shape index (κ3) is 5.17. The van der Waals surface area contributed by atoms with Crippen molar-refractivity contribution in [2.45, 2.75) is 13.2 Å². The highest BCUT2D eigenvalue weighted by atomic mass is 32.1. The second-order valence-electron chi connectivity index (χ2n) is 5.49. The SMILES string of the molecule is COc1ccc(NC(=O)c2ccc(OCc3cscn3)cc2)cc1OC(F)F. The van der Waals surface area contributed by atoms with Crippen LogP contribution in [0.5, 0.6) is 17.2 Å². The van der Waals surface area contributed by atoms with E-state index in [0.29, 0.717) is 23.6 Å². The van der Waals surface area contributed by atoms with Gasteiger partial charge in [-0.25, -0.2) is 4.98 Å². The number of hydrogen-bond acceptors (Lipinski definition) is 6. The average molecular weight is 406 g/mol. The Hall–Kier alpha value is -3.20. The van der Waals surface area contributed by atoms with E-state index >= 15 is 0 Å². The van der Waals surface area contributed by atoms with Crippen LogP contribution in [0.25, 0.3) is 0 Å². The molecule has 0 saturated heterocycles. The van der Waals surface area contributed by atoms with Crippen LogP contribution in [-0.2, 0) is 6.61 Å². The zero-order chi connectivity index (χ0) is 19.9. The maximum atomic E-state index is 12.5. The zero-order valence-electron chi connectivity index (χ0n) is 14.7. The lowest BCUT2D eigenvalue weighted by atomic mass is 10.2. The molecular formula is C19H16F2N2O4S. The number of alkyl halides is 2. The Morgan fingerprint density at radius 2 is 1.96 bits per heavy atom. The quantitative estimate of drug-likeness (QED) is 0.593. The van der Waals surface area contributed by atoms with Crippen molar-refractivity contribution in [1.82, 2.24) is 4.98 Å². The second-order valence-corrected chi connectivity index (χ2v) is 6.21. The van der Waals surface area contributed by atoms with Crippen LogP contribution in [0, 0.1) is 0 Å². The van der Waals surface area contributed by atoms with Gasteiger partial charge in [-0.15, -0.1) is 11.3 Å². The number of amides is 1. The molecular weight excluding hydrogens is 390 g/mol. The maximum absolute atomic E-state index is 12.5. The van der Waals surface area contributed by atoms with E-state index in [1.165, 1.54) is 36.6 Å². The third-order valence-corrected chi connectivity index (χ3v) is 4.26. The fourth-order valence-corrected chi connectivity index (χ4v) is 2.86. The van der Waals surface area contributed by atoms with Gasteiger partial charge in [0.2, 0.25) is 0 Å². The van der Waals surface area contributed by atoms with Gasteiger partial charge >= 0.3 is 6.61 Å². The van der Waals surface area contributed by atoms with Crippen molar-refractivity contribution >= 4 is 22.9 Å². The summed E-state index contributed by atoms with van der Waals surface area (Å²) in [5, 5.41) is 4.52. The third-order valence-electron chi connectivity index (χ3n) is 3.62. The molecule has 0 spiro atoms. The smallest absolute Gasteiger partial charge is 0.387 e. The summed E-state index contributed by atoms with van der Waals surface area (Å²) in [6.07, 6.45) is 0. The Kier molecular flexibility index (Phi) is 6.38. The minimum atomic E-state index is -3.00. The van der Waals surface area contributed by atoms with Crippen molar-refractivity contribution in [1.29, 1.82) is 0 Å². The van der Waals surface area contributed by atoms with E-state index in [9.17, 15) is 13.6 Å². The van der Waals surface area contributed by atoms with E-state index in [-0.39, 0.29) is 11.5 Å². The summed E-state index contributed by atoms with van der Waals surface area (Å²) in [6, 6.07) is 10.8. The summed E-state index contributed by atoms with van der Waals surface area (Å²) in [5.41, 5.74) is 3.23. The molecule has 28 heavy (non-hydrogen) atoms. The van der Waals surface area contributed by atoms with E-state index in [1.54, 1.807) is 29.8 Å². The van der Waals surface area contributed by atoms with Crippen molar-refractivity contribution in [3.63, 3.8) is 0 Å². The van der Waals surface area contributed by atoms with Crippen LogP contribution in [-0.4, -0.2) is 24.6 Å². The molecule has 6 nitrogen and oxygen atoms in total. The number of rotatable bonds is 8. The number of thiazole rings is 1. The van der Waals surface area contributed by atoms with E-state index in [0.717, 1.165) is 5.69 Å². The fourth-order valence-electron chi connectivity index (χ4n) is 2.31. The molecule has 0 unspecified atom stereocenters. The summed E-state index contributed by atoms with van der Waals surface area (Å²) in [5.74, 6) is 0.168. The highest BCUT2D eigenvalue weighted by Gasteiger charge is 2.13. The molecule has 0 radical (unpaired) electrons. The first-order valence-electron chi connectivity index (χ1n) is 8.09. The van der Waals surface area contributed by atoms with Crippen molar-refractivity contribution < 1.29 is 27.8 Å². The largest absolute Gasteiger partial charge is 0.493 e. The van der Waals surface area contributed by atoms with Gasteiger partial charge in [0, 0.05) is 22.7 Å². The highest BCUT2D eigenvalue weighted by molar-refractivity contribution is 7.07. The standard InChI is InChI=1S/C19H16F2N2O4S/c1-25-16-7-4-13(8-17(16)27-19(20)21)23-18(24)12-2-5-15(6-3-12)26-9-14-10-28-11-22-14/h2-8,10-11,19H,9H2,1H3,(H,23,24). The van der Waals surface area contributed by atoms with Crippen LogP contribution in [0.4, 0.5) is 14.5 Å². The van der Waals surface area contributed by atoms with Crippen LogP contribution in [0.15, 0.2) is 53.4 Å². The fraction of sp³-hybridized carbons (Fsp3) is 0.158. The van der Waals surface area contributed by atoms with E-state index < -0.39 is 12.5 Å². The van der Waals surface area contributed by atoms with Gasteiger partial charge in [0.05, 0.1) is 18.3 Å². The number of nitrogens with one attached hydrogen (secondary N) is 1. The van der Waals surface area contributed by atoms with Gasteiger partial charge in [-0.1, -0.05) is 0 Å². The minimum Gasteiger partial charge on any atom is -0.493 e. The van der Waals surface area contributed by atoms with Crippen molar-refractivity contribution in [3.05, 3.63) is 64.6 Å². The Bertz CT molecular complexity index is 918. The predicted molar refractivity (Wildman–Crippen MR) is 100 cm³/mol. The number of halogens is 2. The minimum absolute atomic E-state index is 0.139. The summed E-state index contributed by atoms with van der Waals surface area (Å²) in [4.78, 5) is 16.5. The van der Waals surface area contributed by atoms with Gasteiger partial charge in [-0.2, -0.15) is 8.78 Å². The number of benzene rings is 2. The van der Waals surface area contributed by atoms with Crippen molar-refractivity contribution in [3.8, 4) is 17.2 Å². The molecule has 9 heteroatoms. The molecule has 1 aromatic heterocycles. The average Bonchev–Trinajstić information content (AvgIpc) is 3.20. The van der Waals surface area contributed by atoms with Gasteiger partial charge in [0.15, 0.2) is 11.5 Å². The van der Waals surface area contributed by atoms with Crippen LogP contribution >= 0.6 is 11.3 Å². The van der Waals surface area contributed by atoms with Crippen molar-refractivity contribution in [2.75, 3.05) is 12.4 Å². The summed E-state index contributed by atoms with van der Waals surface area (Å²) < 4.78 is 40.0. The molecule has 1 amide bonds. The first kappa shape index (κ1) is 19.6. The zero-order valence-corrected chi connectivity index (χ0v) is 15.5. The molecule has 1 N–H and O–H groups in total. The van der Waals surface area contributed by atoms with E-state index in [1.807, 2.05) is 5.38 Å². The Morgan fingerprint density at radius 3 is 2.61 bits per heavy atom. The molecule has 0 aliphatic carbocycles.